The maximum absolute atomic E-state index is 12.3. The Bertz CT molecular complexity index is 882. The largest absolute Gasteiger partial charge is 0.497 e. The van der Waals surface area contributed by atoms with Crippen LogP contribution in [0.25, 0.3) is 6.08 Å². The van der Waals surface area contributed by atoms with Gasteiger partial charge in [-0.3, -0.25) is 4.79 Å². The summed E-state index contributed by atoms with van der Waals surface area (Å²) in [7, 11) is 3.11. The summed E-state index contributed by atoms with van der Waals surface area (Å²) in [6.45, 7) is -0.276. The van der Waals surface area contributed by atoms with Crippen LogP contribution in [0.1, 0.15) is 33.5 Å². The van der Waals surface area contributed by atoms with Crippen LogP contribution in [-0.4, -0.2) is 32.6 Å². The number of ether oxygens (including phenoxy) is 3. The van der Waals surface area contributed by atoms with Crippen LogP contribution < -0.4 is 9.47 Å². The van der Waals surface area contributed by atoms with Gasteiger partial charge >= 0.3 is 5.97 Å². The first-order valence-corrected chi connectivity index (χ1v) is 8.82. The Hall–Kier alpha value is -3.08. The molecule has 0 atom stereocenters. The van der Waals surface area contributed by atoms with Gasteiger partial charge in [0.05, 0.1) is 14.2 Å². The number of carbonyl (C=O) groups is 2. The molecule has 0 saturated carbocycles. The van der Waals surface area contributed by atoms with Crippen LogP contribution in [0.3, 0.4) is 0 Å². The summed E-state index contributed by atoms with van der Waals surface area (Å²) in [5.74, 6) is 0.454. The zero-order valence-corrected chi connectivity index (χ0v) is 15.5. The van der Waals surface area contributed by atoms with Crippen molar-refractivity contribution < 1.29 is 23.8 Å². The van der Waals surface area contributed by atoms with Gasteiger partial charge in [-0.15, -0.1) is 0 Å². The van der Waals surface area contributed by atoms with Crippen molar-refractivity contribution in [3.8, 4) is 11.5 Å². The Morgan fingerprint density at radius 1 is 1.00 bits per heavy atom. The van der Waals surface area contributed by atoms with E-state index in [-0.39, 0.29) is 12.4 Å². The molecule has 0 amide bonds. The van der Waals surface area contributed by atoms with Gasteiger partial charge in [0.2, 0.25) is 0 Å². The molecule has 0 bridgehead atoms. The van der Waals surface area contributed by atoms with Gasteiger partial charge in [0, 0.05) is 23.3 Å². The Labute approximate surface area is 158 Å². The number of esters is 1. The number of hydrogen-bond acceptors (Lipinski definition) is 5. The lowest BCUT2D eigenvalue weighted by Crippen LogP contribution is -2.12. The molecular formula is C22H22O5. The second-order valence-corrected chi connectivity index (χ2v) is 6.31. The van der Waals surface area contributed by atoms with Crippen LogP contribution in [0.4, 0.5) is 0 Å². The Morgan fingerprint density at radius 2 is 1.81 bits per heavy atom. The van der Waals surface area contributed by atoms with Crippen molar-refractivity contribution in [3.63, 3.8) is 0 Å². The SMILES string of the molecule is COc1ccc(/C=C/C(=O)OCC(=O)c2ccc3c(c2)CCC3)c(OC)c1. The lowest BCUT2D eigenvalue weighted by molar-refractivity contribution is -0.136. The molecule has 0 N–H and O–H groups in total. The first kappa shape index (κ1) is 18.7. The number of methoxy groups -OCH3 is 2. The first-order chi connectivity index (χ1) is 13.1. The van der Waals surface area contributed by atoms with Gasteiger partial charge in [0.25, 0.3) is 0 Å². The summed E-state index contributed by atoms with van der Waals surface area (Å²) in [5, 5.41) is 0. The number of ketones is 1. The maximum Gasteiger partial charge on any atom is 0.331 e. The van der Waals surface area contributed by atoms with Gasteiger partial charge in [-0.2, -0.15) is 0 Å². The fourth-order valence-corrected chi connectivity index (χ4v) is 3.13. The van der Waals surface area contributed by atoms with Crippen molar-refractivity contribution in [3.05, 3.63) is 64.7 Å². The van der Waals surface area contributed by atoms with E-state index in [0.717, 1.165) is 19.3 Å². The average molecular weight is 366 g/mol. The van der Waals surface area contributed by atoms with E-state index in [2.05, 4.69) is 0 Å². The average Bonchev–Trinajstić information content (AvgIpc) is 3.18. The lowest BCUT2D eigenvalue weighted by atomic mass is 10.0. The van der Waals surface area contributed by atoms with Crippen molar-refractivity contribution >= 4 is 17.8 Å². The van der Waals surface area contributed by atoms with Gasteiger partial charge < -0.3 is 14.2 Å². The molecule has 2 aromatic carbocycles. The van der Waals surface area contributed by atoms with Crippen molar-refractivity contribution in [1.29, 1.82) is 0 Å². The maximum atomic E-state index is 12.3. The highest BCUT2D eigenvalue weighted by Crippen LogP contribution is 2.25. The molecule has 0 heterocycles. The molecule has 0 aromatic heterocycles. The Kier molecular flexibility index (Phi) is 5.91. The molecule has 0 radical (unpaired) electrons. The summed E-state index contributed by atoms with van der Waals surface area (Å²) in [6, 6.07) is 11.0. The van der Waals surface area contributed by atoms with E-state index in [0.29, 0.717) is 22.6 Å². The zero-order chi connectivity index (χ0) is 19.2. The molecule has 0 aliphatic heterocycles. The standard InChI is InChI=1S/C22H22O5/c1-25-19-10-8-16(21(13-19)26-2)9-11-22(24)27-14-20(23)18-7-6-15-4-3-5-17(15)12-18/h6-13H,3-5,14H2,1-2H3/b11-9+. The zero-order valence-electron chi connectivity index (χ0n) is 15.5. The number of Topliss-reactive ketones (excluding diaryl/α,β-unsaturated/α-hetero) is 1. The van der Waals surface area contributed by atoms with E-state index in [1.165, 1.54) is 17.2 Å². The van der Waals surface area contributed by atoms with Crippen molar-refractivity contribution in [2.45, 2.75) is 19.3 Å². The highest BCUT2D eigenvalue weighted by molar-refractivity contribution is 5.99. The molecule has 140 valence electrons. The molecule has 2 aromatic rings. The van der Waals surface area contributed by atoms with Crippen molar-refractivity contribution in [2.24, 2.45) is 0 Å². The van der Waals surface area contributed by atoms with Crippen LogP contribution in [0, 0.1) is 0 Å². The van der Waals surface area contributed by atoms with E-state index in [1.54, 1.807) is 44.6 Å². The number of benzene rings is 2. The third-order valence-corrected chi connectivity index (χ3v) is 4.61. The molecule has 5 nitrogen and oxygen atoms in total. The van der Waals surface area contributed by atoms with Gasteiger partial charge in [-0.05, 0) is 54.7 Å². The van der Waals surface area contributed by atoms with E-state index >= 15 is 0 Å². The summed E-state index contributed by atoms with van der Waals surface area (Å²) < 4.78 is 15.5. The smallest absolute Gasteiger partial charge is 0.331 e. The van der Waals surface area contributed by atoms with Crippen LogP contribution >= 0.6 is 0 Å². The van der Waals surface area contributed by atoms with Crippen LogP contribution in [-0.2, 0) is 22.4 Å². The van der Waals surface area contributed by atoms with Gasteiger partial charge in [0.1, 0.15) is 11.5 Å². The number of carbonyl (C=O) groups excluding carboxylic acids is 2. The van der Waals surface area contributed by atoms with E-state index in [1.807, 2.05) is 12.1 Å². The highest BCUT2D eigenvalue weighted by atomic mass is 16.5. The van der Waals surface area contributed by atoms with Gasteiger partial charge in [0.15, 0.2) is 12.4 Å². The normalized spacial score (nSPS) is 12.7. The molecule has 0 spiro atoms. The number of aryl methyl sites for hydroxylation is 2. The van der Waals surface area contributed by atoms with E-state index in [4.69, 9.17) is 14.2 Å². The second kappa shape index (κ2) is 8.54. The lowest BCUT2D eigenvalue weighted by Gasteiger charge is -2.07. The molecule has 0 fully saturated rings. The van der Waals surface area contributed by atoms with Crippen LogP contribution in [0.15, 0.2) is 42.5 Å². The third kappa shape index (κ3) is 4.56. The molecular weight excluding hydrogens is 344 g/mol. The molecule has 5 heteroatoms. The monoisotopic (exact) mass is 366 g/mol. The van der Waals surface area contributed by atoms with Crippen molar-refractivity contribution in [1.82, 2.24) is 0 Å². The molecule has 0 unspecified atom stereocenters. The first-order valence-electron chi connectivity index (χ1n) is 8.82. The molecule has 1 aliphatic rings. The van der Waals surface area contributed by atoms with E-state index < -0.39 is 5.97 Å². The number of hydrogen-bond donors (Lipinski definition) is 0. The predicted molar refractivity (Wildman–Crippen MR) is 102 cm³/mol. The minimum Gasteiger partial charge on any atom is -0.497 e. The minimum atomic E-state index is -0.581. The summed E-state index contributed by atoms with van der Waals surface area (Å²) in [6.07, 6.45) is 6.06. The molecule has 27 heavy (non-hydrogen) atoms. The fraction of sp³-hybridized carbons (Fsp3) is 0.273. The van der Waals surface area contributed by atoms with Crippen LogP contribution in [0.5, 0.6) is 11.5 Å². The quantitative estimate of drug-likeness (QED) is 0.425. The predicted octanol–water partition coefficient (Wildman–Crippen LogP) is 3.63. The Balaban J connectivity index is 1.58. The highest BCUT2D eigenvalue weighted by Gasteiger charge is 2.15. The van der Waals surface area contributed by atoms with Crippen molar-refractivity contribution in [2.75, 3.05) is 20.8 Å². The minimum absolute atomic E-state index is 0.200. The van der Waals surface area contributed by atoms with Gasteiger partial charge in [-0.1, -0.05) is 12.1 Å². The van der Waals surface area contributed by atoms with E-state index in [9.17, 15) is 9.59 Å². The number of rotatable bonds is 7. The van der Waals surface area contributed by atoms with Crippen LogP contribution in [0.2, 0.25) is 0 Å². The Morgan fingerprint density at radius 3 is 2.59 bits per heavy atom. The topological polar surface area (TPSA) is 61.8 Å². The van der Waals surface area contributed by atoms with Gasteiger partial charge in [-0.25, -0.2) is 4.79 Å². The molecule has 3 rings (SSSR count). The summed E-state index contributed by atoms with van der Waals surface area (Å²) in [5.41, 5.74) is 3.82. The third-order valence-electron chi connectivity index (χ3n) is 4.61. The number of fused-ring (bicyclic) bond motifs is 1. The molecule has 1 aliphatic carbocycles. The summed E-state index contributed by atoms with van der Waals surface area (Å²) in [4.78, 5) is 24.2. The molecule has 0 saturated heterocycles. The fourth-order valence-electron chi connectivity index (χ4n) is 3.13. The second-order valence-electron chi connectivity index (χ2n) is 6.31. The summed E-state index contributed by atoms with van der Waals surface area (Å²) >= 11 is 0.